The van der Waals surface area contributed by atoms with Crippen LogP contribution in [0, 0.1) is 7.11 Å². The molecule has 0 saturated carbocycles. The van der Waals surface area contributed by atoms with E-state index in [1.807, 2.05) is 6.08 Å². The summed E-state index contributed by atoms with van der Waals surface area (Å²) < 4.78 is 9.18. The second-order valence-electron chi connectivity index (χ2n) is 2.04. The molecule has 1 heterocycles. The Hall–Kier alpha value is -0.990. The minimum absolute atomic E-state index is 0.399. The summed E-state index contributed by atoms with van der Waals surface area (Å²) >= 11 is 0. The van der Waals surface area contributed by atoms with Gasteiger partial charge in [-0.2, -0.15) is 0 Å². The maximum atomic E-state index is 10.7. The number of carbonyl (C=O) groups excluding carboxylic acids is 1. The number of hydrogen-bond acceptors (Lipinski definition) is 3. The van der Waals surface area contributed by atoms with Crippen molar-refractivity contribution in [2.45, 2.75) is 18.9 Å². The maximum absolute atomic E-state index is 10.7. The Morgan fingerprint density at radius 1 is 1.80 bits per heavy atom. The Bertz CT molecular complexity index is 151. The number of esters is 1. The maximum Gasteiger partial charge on any atom is 0.347 e. The number of hydrogen-bond donors (Lipinski definition) is 0. The number of ether oxygens (including phenoxy) is 2. The summed E-state index contributed by atoms with van der Waals surface area (Å²) in [4.78, 5) is 10.7. The van der Waals surface area contributed by atoms with E-state index >= 15 is 0 Å². The SMILES string of the molecule is [CH2]OC(=O)C1CCC=CO1. The van der Waals surface area contributed by atoms with Crippen molar-refractivity contribution in [3.63, 3.8) is 0 Å². The van der Waals surface area contributed by atoms with Gasteiger partial charge in [0, 0.05) is 0 Å². The van der Waals surface area contributed by atoms with Gasteiger partial charge in [-0.3, -0.25) is 0 Å². The van der Waals surface area contributed by atoms with Crippen LogP contribution in [-0.4, -0.2) is 12.1 Å². The highest BCUT2D eigenvalue weighted by molar-refractivity contribution is 5.74. The van der Waals surface area contributed by atoms with Crippen LogP contribution in [0.25, 0.3) is 0 Å². The fraction of sp³-hybridized carbons (Fsp3) is 0.429. The quantitative estimate of drug-likeness (QED) is 0.511. The molecule has 0 aromatic heterocycles. The van der Waals surface area contributed by atoms with Gasteiger partial charge in [-0.25, -0.2) is 4.79 Å². The minimum atomic E-state index is -0.442. The summed E-state index contributed by atoms with van der Waals surface area (Å²) in [7, 11) is 3.01. The van der Waals surface area contributed by atoms with Crippen LogP contribution in [0.3, 0.4) is 0 Å². The zero-order chi connectivity index (χ0) is 7.40. The molecule has 0 aromatic carbocycles. The highest BCUT2D eigenvalue weighted by Crippen LogP contribution is 2.10. The number of carbonyl (C=O) groups is 1. The van der Waals surface area contributed by atoms with Gasteiger partial charge in [-0.1, -0.05) is 0 Å². The van der Waals surface area contributed by atoms with Crippen molar-refractivity contribution < 1.29 is 14.3 Å². The third-order valence-electron chi connectivity index (χ3n) is 1.34. The van der Waals surface area contributed by atoms with Crippen LogP contribution in [0.4, 0.5) is 0 Å². The van der Waals surface area contributed by atoms with Crippen molar-refractivity contribution in [3.8, 4) is 0 Å². The van der Waals surface area contributed by atoms with E-state index in [1.54, 1.807) is 0 Å². The first kappa shape index (κ1) is 7.12. The molecule has 0 aromatic rings. The molecule has 55 valence electrons. The normalized spacial score (nSPS) is 23.5. The van der Waals surface area contributed by atoms with Gasteiger partial charge in [0.25, 0.3) is 0 Å². The molecule has 0 spiro atoms. The molecule has 0 bridgehead atoms. The van der Waals surface area contributed by atoms with Gasteiger partial charge in [-0.15, -0.1) is 0 Å². The van der Waals surface area contributed by atoms with Crippen molar-refractivity contribution >= 4 is 5.97 Å². The van der Waals surface area contributed by atoms with E-state index in [2.05, 4.69) is 11.8 Å². The molecule has 0 saturated heterocycles. The smallest absolute Gasteiger partial charge is 0.347 e. The van der Waals surface area contributed by atoms with Crippen molar-refractivity contribution in [2.75, 3.05) is 0 Å². The van der Waals surface area contributed by atoms with Gasteiger partial charge in [-0.05, 0) is 18.9 Å². The fourth-order valence-electron chi connectivity index (χ4n) is 0.800. The van der Waals surface area contributed by atoms with Gasteiger partial charge >= 0.3 is 5.97 Å². The molecule has 1 unspecified atom stereocenters. The third kappa shape index (κ3) is 1.50. The summed E-state index contributed by atoms with van der Waals surface area (Å²) in [5.41, 5.74) is 0. The zero-order valence-electron chi connectivity index (χ0n) is 5.58. The molecular weight excluding hydrogens is 132 g/mol. The van der Waals surface area contributed by atoms with E-state index < -0.39 is 12.1 Å². The lowest BCUT2D eigenvalue weighted by atomic mass is 10.2. The van der Waals surface area contributed by atoms with Crippen molar-refractivity contribution in [1.82, 2.24) is 0 Å². The van der Waals surface area contributed by atoms with Crippen LogP contribution in [-0.2, 0) is 14.3 Å². The molecule has 10 heavy (non-hydrogen) atoms. The molecule has 0 N–H and O–H groups in total. The summed E-state index contributed by atoms with van der Waals surface area (Å²) in [6, 6.07) is 0. The first-order valence-corrected chi connectivity index (χ1v) is 3.11. The molecule has 1 aliphatic heterocycles. The van der Waals surface area contributed by atoms with Gasteiger partial charge in [0.1, 0.15) is 7.11 Å². The molecule has 1 aliphatic rings. The lowest BCUT2D eigenvalue weighted by Gasteiger charge is -2.15. The van der Waals surface area contributed by atoms with Crippen LogP contribution in [0.2, 0.25) is 0 Å². The van der Waals surface area contributed by atoms with E-state index in [-0.39, 0.29) is 0 Å². The summed E-state index contributed by atoms with van der Waals surface area (Å²) in [5.74, 6) is -0.399. The van der Waals surface area contributed by atoms with E-state index in [1.165, 1.54) is 6.26 Å². The van der Waals surface area contributed by atoms with E-state index in [4.69, 9.17) is 4.74 Å². The fourth-order valence-corrected chi connectivity index (χ4v) is 0.800. The van der Waals surface area contributed by atoms with Crippen molar-refractivity contribution in [2.24, 2.45) is 0 Å². The number of rotatable bonds is 1. The topological polar surface area (TPSA) is 35.5 Å². The molecule has 3 nitrogen and oxygen atoms in total. The van der Waals surface area contributed by atoms with Crippen LogP contribution < -0.4 is 0 Å². The molecular formula is C7H9O3. The second kappa shape index (κ2) is 3.25. The molecule has 0 amide bonds. The van der Waals surface area contributed by atoms with Crippen molar-refractivity contribution in [1.29, 1.82) is 0 Å². The monoisotopic (exact) mass is 141 g/mol. The average molecular weight is 141 g/mol. The van der Waals surface area contributed by atoms with Gasteiger partial charge in [0.05, 0.1) is 6.26 Å². The van der Waals surface area contributed by atoms with Crippen LogP contribution in [0.15, 0.2) is 12.3 Å². The first-order valence-electron chi connectivity index (χ1n) is 3.11. The molecule has 0 fully saturated rings. The lowest BCUT2D eigenvalue weighted by Crippen LogP contribution is -2.24. The largest absolute Gasteiger partial charge is 0.487 e. The standard InChI is InChI=1S/C7H9O3/c1-9-7(8)6-4-2-3-5-10-6/h3,5-6H,1-2,4H2. The third-order valence-corrected chi connectivity index (χ3v) is 1.34. The van der Waals surface area contributed by atoms with Gasteiger partial charge in [0.2, 0.25) is 0 Å². The predicted molar refractivity (Wildman–Crippen MR) is 34.7 cm³/mol. The first-order chi connectivity index (χ1) is 4.84. The van der Waals surface area contributed by atoms with E-state index in [0.717, 1.165) is 6.42 Å². The Balaban J connectivity index is 2.41. The Labute approximate surface area is 59.6 Å². The van der Waals surface area contributed by atoms with Gasteiger partial charge in [0.15, 0.2) is 6.10 Å². The summed E-state index contributed by atoms with van der Waals surface area (Å²) in [5, 5.41) is 0. The Morgan fingerprint density at radius 2 is 2.60 bits per heavy atom. The van der Waals surface area contributed by atoms with E-state index in [0.29, 0.717) is 6.42 Å². The van der Waals surface area contributed by atoms with Crippen LogP contribution in [0.1, 0.15) is 12.8 Å². The van der Waals surface area contributed by atoms with Crippen LogP contribution >= 0.6 is 0 Å². The summed E-state index contributed by atoms with van der Waals surface area (Å²) in [6.45, 7) is 0. The Kier molecular flexibility index (Phi) is 2.31. The van der Waals surface area contributed by atoms with E-state index in [9.17, 15) is 4.79 Å². The van der Waals surface area contributed by atoms with Gasteiger partial charge < -0.3 is 9.47 Å². The minimum Gasteiger partial charge on any atom is -0.487 e. The van der Waals surface area contributed by atoms with Crippen LogP contribution in [0.5, 0.6) is 0 Å². The highest BCUT2D eigenvalue weighted by atomic mass is 16.6. The molecule has 0 aliphatic carbocycles. The molecule has 1 radical (unpaired) electrons. The average Bonchev–Trinajstić information content (AvgIpc) is 2.05. The lowest BCUT2D eigenvalue weighted by molar-refractivity contribution is -0.149. The Morgan fingerprint density at radius 3 is 3.10 bits per heavy atom. The highest BCUT2D eigenvalue weighted by Gasteiger charge is 2.20. The molecule has 3 heteroatoms. The second-order valence-corrected chi connectivity index (χ2v) is 2.04. The van der Waals surface area contributed by atoms with Crippen molar-refractivity contribution in [3.05, 3.63) is 19.4 Å². The molecule has 1 atom stereocenters. The summed E-state index contributed by atoms with van der Waals surface area (Å²) in [6.07, 6.45) is 4.49. The molecule has 1 rings (SSSR count). The zero-order valence-corrected chi connectivity index (χ0v) is 5.58. The number of allylic oxidation sites excluding steroid dienone is 1. The predicted octanol–water partition coefficient (Wildman–Crippen LogP) is 1.01.